The maximum Gasteiger partial charge on any atom is 0.306 e. The normalized spacial score (nSPS) is 9.13. The van der Waals surface area contributed by atoms with Gasteiger partial charge in [0.15, 0.2) is 0 Å². The largest absolute Gasteiger partial charge is 0.469 e. The molecule has 2 amide bonds. The van der Waals surface area contributed by atoms with Crippen LogP contribution in [0.1, 0.15) is 25.7 Å². The summed E-state index contributed by atoms with van der Waals surface area (Å²) >= 11 is 0. The predicted octanol–water partition coefficient (Wildman–Crippen LogP) is 2.28. The number of carbonyl (C=O) groups is 4. The van der Waals surface area contributed by atoms with E-state index in [4.69, 9.17) is 0 Å². The standard InChI is InChI=1S/2C11H17NO3/c2*1-4-8-12(9-5-2)10(13)6-7-11(14)15-3/h2*4-5H,1-2,6-9H2,3H3. The molecule has 0 aromatic heterocycles. The average Bonchev–Trinajstić information content (AvgIpc) is 2.75. The van der Waals surface area contributed by atoms with Gasteiger partial charge in [0.05, 0.1) is 27.1 Å². The quantitative estimate of drug-likeness (QED) is 0.315. The van der Waals surface area contributed by atoms with Crippen LogP contribution in [0.3, 0.4) is 0 Å². The van der Waals surface area contributed by atoms with E-state index in [9.17, 15) is 19.2 Å². The summed E-state index contributed by atoms with van der Waals surface area (Å²) in [6.45, 7) is 16.1. The highest BCUT2D eigenvalue weighted by molar-refractivity contribution is 5.82. The molecule has 0 aromatic carbocycles. The zero-order valence-electron chi connectivity index (χ0n) is 18.1. The third-order valence-electron chi connectivity index (χ3n) is 3.64. The number of esters is 2. The zero-order valence-corrected chi connectivity index (χ0v) is 18.1. The number of ether oxygens (including phenoxy) is 2. The van der Waals surface area contributed by atoms with Gasteiger partial charge in [0.1, 0.15) is 0 Å². The molecule has 0 heterocycles. The lowest BCUT2D eigenvalue weighted by Crippen LogP contribution is -2.31. The first-order valence-corrected chi connectivity index (χ1v) is 9.43. The van der Waals surface area contributed by atoms with Crippen molar-refractivity contribution < 1.29 is 28.7 Å². The molecule has 0 atom stereocenters. The molecule has 168 valence electrons. The van der Waals surface area contributed by atoms with Crippen LogP contribution >= 0.6 is 0 Å². The number of carbonyl (C=O) groups excluding carboxylic acids is 4. The molecular weight excluding hydrogens is 388 g/mol. The van der Waals surface area contributed by atoms with E-state index in [0.717, 1.165) is 0 Å². The molecule has 30 heavy (non-hydrogen) atoms. The topological polar surface area (TPSA) is 93.2 Å². The Morgan fingerprint density at radius 3 is 1.07 bits per heavy atom. The van der Waals surface area contributed by atoms with Crippen LogP contribution in [0, 0.1) is 0 Å². The molecule has 0 aromatic rings. The fraction of sp³-hybridized carbons (Fsp3) is 0.455. The maximum atomic E-state index is 11.6. The summed E-state index contributed by atoms with van der Waals surface area (Å²) in [5.74, 6) is -0.943. The van der Waals surface area contributed by atoms with Crippen molar-refractivity contribution in [3.63, 3.8) is 0 Å². The Labute approximate surface area is 179 Å². The lowest BCUT2D eigenvalue weighted by Gasteiger charge is -2.18. The van der Waals surface area contributed by atoms with Crippen molar-refractivity contribution in [2.24, 2.45) is 0 Å². The number of hydrogen-bond donors (Lipinski definition) is 0. The Morgan fingerprint density at radius 1 is 0.600 bits per heavy atom. The number of nitrogens with zero attached hydrogens (tertiary/aromatic N) is 2. The average molecular weight is 423 g/mol. The van der Waals surface area contributed by atoms with Crippen molar-refractivity contribution in [3.05, 3.63) is 50.6 Å². The summed E-state index contributed by atoms with van der Waals surface area (Å²) in [6.07, 6.45) is 7.10. The third-order valence-corrected chi connectivity index (χ3v) is 3.64. The second-order valence-corrected chi connectivity index (χ2v) is 5.90. The summed E-state index contributed by atoms with van der Waals surface area (Å²) in [6, 6.07) is 0. The van der Waals surface area contributed by atoms with Gasteiger partial charge < -0.3 is 19.3 Å². The van der Waals surface area contributed by atoms with Gasteiger partial charge in [-0.25, -0.2) is 0 Å². The second-order valence-electron chi connectivity index (χ2n) is 5.90. The molecule has 8 nitrogen and oxygen atoms in total. The molecule has 0 saturated carbocycles. The minimum absolute atomic E-state index is 0.0970. The summed E-state index contributed by atoms with van der Waals surface area (Å²) in [7, 11) is 2.61. The summed E-state index contributed by atoms with van der Waals surface area (Å²) in [5, 5.41) is 0. The molecule has 0 radical (unpaired) electrons. The summed E-state index contributed by atoms with van der Waals surface area (Å²) < 4.78 is 8.90. The molecule has 0 aliphatic heterocycles. The lowest BCUT2D eigenvalue weighted by atomic mass is 10.2. The Hall–Kier alpha value is -3.16. The fourth-order valence-corrected chi connectivity index (χ4v) is 2.12. The van der Waals surface area contributed by atoms with E-state index in [1.165, 1.54) is 14.2 Å². The molecule has 0 spiro atoms. The van der Waals surface area contributed by atoms with Gasteiger partial charge in [-0.05, 0) is 0 Å². The smallest absolute Gasteiger partial charge is 0.306 e. The van der Waals surface area contributed by atoms with Crippen LogP contribution in [0.25, 0.3) is 0 Å². The number of hydrogen-bond acceptors (Lipinski definition) is 6. The van der Waals surface area contributed by atoms with Crippen LogP contribution in [-0.2, 0) is 28.7 Å². The Balaban J connectivity index is 0. The van der Waals surface area contributed by atoms with E-state index in [0.29, 0.717) is 26.2 Å². The Morgan fingerprint density at radius 2 is 0.867 bits per heavy atom. The molecule has 0 fully saturated rings. The van der Waals surface area contributed by atoms with Crippen LogP contribution in [0.15, 0.2) is 50.6 Å². The highest BCUT2D eigenvalue weighted by Crippen LogP contribution is 2.01. The first-order valence-electron chi connectivity index (χ1n) is 9.43. The summed E-state index contributed by atoms with van der Waals surface area (Å²) in [4.78, 5) is 47.9. The number of methoxy groups -OCH3 is 2. The van der Waals surface area contributed by atoms with Crippen molar-refractivity contribution in [2.45, 2.75) is 25.7 Å². The van der Waals surface area contributed by atoms with Crippen molar-refractivity contribution in [1.82, 2.24) is 9.80 Å². The fourth-order valence-electron chi connectivity index (χ4n) is 2.12. The van der Waals surface area contributed by atoms with Crippen molar-refractivity contribution >= 4 is 23.8 Å². The van der Waals surface area contributed by atoms with Gasteiger partial charge in [-0.1, -0.05) is 24.3 Å². The van der Waals surface area contributed by atoms with Gasteiger partial charge in [0.2, 0.25) is 11.8 Å². The van der Waals surface area contributed by atoms with Gasteiger partial charge >= 0.3 is 11.9 Å². The van der Waals surface area contributed by atoms with Gasteiger partial charge in [0.25, 0.3) is 0 Å². The highest BCUT2D eigenvalue weighted by atomic mass is 16.5. The first-order chi connectivity index (χ1) is 14.3. The van der Waals surface area contributed by atoms with E-state index in [-0.39, 0.29) is 49.4 Å². The Kier molecular flexibility index (Phi) is 18.6. The van der Waals surface area contributed by atoms with Gasteiger partial charge in [-0.15, -0.1) is 26.3 Å². The van der Waals surface area contributed by atoms with E-state index >= 15 is 0 Å². The first kappa shape index (κ1) is 29.0. The van der Waals surface area contributed by atoms with E-state index in [1.807, 2.05) is 0 Å². The monoisotopic (exact) mass is 422 g/mol. The zero-order chi connectivity index (χ0) is 23.4. The second kappa shape index (κ2) is 19.2. The molecule has 0 rings (SSSR count). The van der Waals surface area contributed by atoms with Gasteiger partial charge in [-0.3, -0.25) is 19.2 Å². The molecule has 0 saturated heterocycles. The predicted molar refractivity (Wildman–Crippen MR) is 116 cm³/mol. The maximum absolute atomic E-state index is 11.6. The van der Waals surface area contributed by atoms with Crippen LogP contribution in [0.2, 0.25) is 0 Å². The molecule has 0 aliphatic rings. The molecule has 0 aliphatic carbocycles. The van der Waals surface area contributed by atoms with Gasteiger partial charge in [-0.2, -0.15) is 0 Å². The minimum atomic E-state index is -0.375. The van der Waals surface area contributed by atoms with Crippen LogP contribution in [0.5, 0.6) is 0 Å². The minimum Gasteiger partial charge on any atom is -0.469 e. The molecule has 0 unspecified atom stereocenters. The van der Waals surface area contributed by atoms with E-state index in [1.54, 1.807) is 34.1 Å². The third kappa shape index (κ3) is 14.8. The summed E-state index contributed by atoms with van der Waals surface area (Å²) in [5.41, 5.74) is 0. The number of rotatable bonds is 14. The van der Waals surface area contributed by atoms with Crippen LogP contribution in [0.4, 0.5) is 0 Å². The number of amides is 2. The van der Waals surface area contributed by atoms with Crippen molar-refractivity contribution in [2.75, 3.05) is 40.4 Å². The lowest BCUT2D eigenvalue weighted by molar-refractivity contribution is -0.143. The van der Waals surface area contributed by atoms with Crippen molar-refractivity contribution in [3.8, 4) is 0 Å². The van der Waals surface area contributed by atoms with Crippen LogP contribution in [-0.4, -0.2) is 74.0 Å². The molecule has 0 N–H and O–H groups in total. The van der Waals surface area contributed by atoms with E-state index < -0.39 is 0 Å². The molecular formula is C22H34N2O6. The van der Waals surface area contributed by atoms with E-state index in [2.05, 4.69) is 35.8 Å². The molecule has 8 heteroatoms. The SMILES string of the molecule is C=CCN(CC=C)C(=O)CCC(=O)OC.C=CCN(CC=C)C(=O)CCC(=O)OC. The van der Waals surface area contributed by atoms with Crippen LogP contribution < -0.4 is 0 Å². The highest BCUT2D eigenvalue weighted by Gasteiger charge is 2.13. The van der Waals surface area contributed by atoms with Crippen molar-refractivity contribution in [1.29, 1.82) is 0 Å². The van der Waals surface area contributed by atoms with Gasteiger partial charge in [0, 0.05) is 39.0 Å². The Bertz CT molecular complexity index is 528. The molecule has 0 bridgehead atoms.